The summed E-state index contributed by atoms with van der Waals surface area (Å²) in [5, 5.41) is 13.0. The van der Waals surface area contributed by atoms with Crippen LogP contribution in [0.3, 0.4) is 0 Å². The minimum Gasteiger partial charge on any atom is -0.309 e. The van der Waals surface area contributed by atoms with E-state index in [1.807, 2.05) is 0 Å². The normalized spacial score (nSPS) is 12.3. The number of hydrogen-bond donors (Lipinski definition) is 0. The maximum atomic E-state index is 2.53. The molecule has 0 amide bonds. The van der Waals surface area contributed by atoms with E-state index in [2.05, 4.69) is 262 Å². The van der Waals surface area contributed by atoms with E-state index in [1.165, 1.54) is 97.6 Å². The highest BCUT2D eigenvalue weighted by Gasteiger charge is 2.29. The molecular weight excluding hydrogens is 829 g/mol. The standard InChI is InChI=1S/C62H44N4Si/c1-67(2,45-31-33-57-49(35-45)53-37-51-47-27-15-17-29-55(47)63(41-19-7-3-8-20-41)59(51)39-61(53)65(57)43-23-11-5-12-24-43)46-32-34-58-50(36-46)54-38-52-48-28-16-18-30-56(48)64(42-21-9-4-10-22-42)60(52)40-62(54)66(58)44-25-13-6-14-26-44/h3-40H,1-2H3. The van der Waals surface area contributed by atoms with Crippen molar-refractivity contribution in [1.29, 1.82) is 0 Å². The van der Waals surface area contributed by atoms with Crippen LogP contribution in [0.15, 0.2) is 231 Å². The SMILES string of the molecule is C[Si](C)(c1ccc2c(c1)c1cc3c4ccccc4n(-c4ccccc4)c3cc1n2-c1ccccc1)c1ccc2c(c1)c1cc3c4ccccc4n(-c4ccccc4)c3cc1n2-c1ccccc1. The minimum absolute atomic E-state index is 1.16. The van der Waals surface area contributed by atoms with Crippen LogP contribution in [0.5, 0.6) is 0 Å². The molecule has 0 N–H and O–H groups in total. The molecule has 0 unspecified atom stereocenters. The van der Waals surface area contributed by atoms with Gasteiger partial charge in [-0.05, 0) is 97.1 Å². The van der Waals surface area contributed by atoms with Gasteiger partial charge in [0.1, 0.15) is 8.07 Å². The number of rotatable bonds is 6. The maximum Gasteiger partial charge on any atom is 0.112 e. The van der Waals surface area contributed by atoms with E-state index in [0.717, 1.165) is 22.7 Å². The Balaban J connectivity index is 1.00. The van der Waals surface area contributed by atoms with Gasteiger partial charge in [-0.15, -0.1) is 0 Å². The van der Waals surface area contributed by atoms with Crippen LogP contribution in [0.4, 0.5) is 0 Å². The molecule has 0 saturated heterocycles. The molecule has 0 spiro atoms. The second-order valence-corrected chi connectivity index (χ2v) is 23.0. The van der Waals surface area contributed by atoms with Crippen LogP contribution < -0.4 is 10.4 Å². The first-order chi connectivity index (χ1) is 33.0. The summed E-state index contributed by atoms with van der Waals surface area (Å²) >= 11 is 0. The second-order valence-electron chi connectivity index (χ2n) is 18.6. The maximum absolute atomic E-state index is 2.53. The van der Waals surface area contributed by atoms with Gasteiger partial charge in [0, 0.05) is 65.8 Å². The van der Waals surface area contributed by atoms with Crippen LogP contribution in [0.1, 0.15) is 0 Å². The lowest BCUT2D eigenvalue weighted by molar-refractivity contribution is 1.16. The summed E-state index contributed by atoms with van der Waals surface area (Å²) in [6.45, 7) is 5.05. The number of benzene rings is 10. The first-order valence-electron chi connectivity index (χ1n) is 23.3. The third-order valence-corrected chi connectivity index (χ3v) is 18.1. The quantitative estimate of drug-likeness (QED) is 0.148. The van der Waals surface area contributed by atoms with Crippen molar-refractivity contribution in [3.8, 4) is 22.7 Å². The third kappa shape index (κ3) is 5.52. The number of hydrogen-bond acceptors (Lipinski definition) is 0. The molecule has 0 radical (unpaired) electrons. The zero-order chi connectivity index (χ0) is 44.4. The van der Waals surface area contributed by atoms with Crippen molar-refractivity contribution < 1.29 is 0 Å². The molecule has 4 aromatic heterocycles. The van der Waals surface area contributed by atoms with Gasteiger partial charge in [-0.25, -0.2) is 0 Å². The minimum atomic E-state index is -2.31. The molecule has 0 saturated carbocycles. The van der Waals surface area contributed by atoms with Gasteiger partial charge in [0.25, 0.3) is 0 Å². The van der Waals surface area contributed by atoms with E-state index in [9.17, 15) is 0 Å². The van der Waals surface area contributed by atoms with Gasteiger partial charge in [-0.1, -0.05) is 157 Å². The molecule has 0 fully saturated rings. The van der Waals surface area contributed by atoms with Gasteiger partial charge in [0.2, 0.25) is 0 Å². The average Bonchev–Trinajstić information content (AvgIpc) is 4.10. The van der Waals surface area contributed by atoms with E-state index in [0.29, 0.717) is 0 Å². The van der Waals surface area contributed by atoms with E-state index in [1.54, 1.807) is 0 Å². The van der Waals surface area contributed by atoms with Crippen molar-refractivity contribution >= 4 is 106 Å². The number of aromatic nitrogens is 4. The van der Waals surface area contributed by atoms with Crippen LogP contribution in [-0.2, 0) is 0 Å². The van der Waals surface area contributed by atoms with Crippen molar-refractivity contribution in [3.63, 3.8) is 0 Å². The molecule has 0 aliphatic carbocycles. The number of para-hydroxylation sites is 6. The summed E-state index contributed by atoms with van der Waals surface area (Å²) in [5.41, 5.74) is 14.4. The van der Waals surface area contributed by atoms with Crippen LogP contribution in [-0.4, -0.2) is 26.3 Å². The lowest BCUT2D eigenvalue weighted by Crippen LogP contribution is -2.52. The Morgan fingerprint density at radius 2 is 0.493 bits per heavy atom. The summed E-state index contributed by atoms with van der Waals surface area (Å²) in [4.78, 5) is 0. The highest BCUT2D eigenvalue weighted by Crippen LogP contribution is 2.42. The fraction of sp³-hybridized carbons (Fsp3) is 0.0323. The fourth-order valence-electron chi connectivity index (χ4n) is 11.3. The topological polar surface area (TPSA) is 19.7 Å². The molecule has 67 heavy (non-hydrogen) atoms. The molecule has 14 rings (SSSR count). The Labute approximate surface area is 388 Å². The molecule has 4 heterocycles. The predicted molar refractivity (Wildman–Crippen MR) is 287 cm³/mol. The summed E-state index contributed by atoms with van der Waals surface area (Å²) < 4.78 is 9.79. The Hall–Kier alpha value is -8.38. The number of nitrogens with zero attached hydrogens (tertiary/aromatic N) is 4. The Kier molecular flexibility index (Phi) is 8.10. The highest BCUT2D eigenvalue weighted by atomic mass is 28.3. The van der Waals surface area contributed by atoms with E-state index in [4.69, 9.17) is 0 Å². The van der Waals surface area contributed by atoms with Gasteiger partial charge in [-0.3, -0.25) is 0 Å². The van der Waals surface area contributed by atoms with E-state index >= 15 is 0 Å². The Bertz CT molecular complexity index is 3990. The molecule has 0 aliphatic rings. The monoisotopic (exact) mass is 872 g/mol. The lowest BCUT2D eigenvalue weighted by atomic mass is 10.1. The van der Waals surface area contributed by atoms with E-state index in [-0.39, 0.29) is 0 Å². The summed E-state index contributed by atoms with van der Waals surface area (Å²) in [7, 11) is -2.31. The van der Waals surface area contributed by atoms with Crippen molar-refractivity contribution in [2.24, 2.45) is 0 Å². The largest absolute Gasteiger partial charge is 0.309 e. The molecule has 316 valence electrons. The van der Waals surface area contributed by atoms with Gasteiger partial charge in [0.15, 0.2) is 0 Å². The van der Waals surface area contributed by atoms with Gasteiger partial charge < -0.3 is 18.3 Å². The van der Waals surface area contributed by atoms with Gasteiger partial charge in [-0.2, -0.15) is 0 Å². The Morgan fingerprint density at radius 1 is 0.224 bits per heavy atom. The number of fused-ring (bicyclic) bond motifs is 12. The molecule has 0 aliphatic heterocycles. The smallest absolute Gasteiger partial charge is 0.112 e. The van der Waals surface area contributed by atoms with Crippen molar-refractivity contribution in [2.75, 3.05) is 0 Å². The molecule has 10 aromatic carbocycles. The fourth-order valence-corrected chi connectivity index (χ4v) is 13.7. The first-order valence-corrected chi connectivity index (χ1v) is 26.3. The second kappa shape index (κ2) is 14.3. The molecule has 5 heteroatoms. The van der Waals surface area contributed by atoms with Crippen molar-refractivity contribution in [3.05, 3.63) is 231 Å². The van der Waals surface area contributed by atoms with Crippen LogP contribution in [0.25, 0.3) is 110 Å². The van der Waals surface area contributed by atoms with Crippen molar-refractivity contribution in [1.82, 2.24) is 18.3 Å². The predicted octanol–water partition coefficient (Wildman–Crippen LogP) is 14.9. The molecule has 14 aromatic rings. The summed E-state index contributed by atoms with van der Waals surface area (Å²) in [6, 6.07) is 85.5. The van der Waals surface area contributed by atoms with E-state index < -0.39 is 8.07 Å². The zero-order valence-electron chi connectivity index (χ0n) is 37.2. The van der Waals surface area contributed by atoms with Crippen LogP contribution >= 0.6 is 0 Å². The van der Waals surface area contributed by atoms with Crippen molar-refractivity contribution in [2.45, 2.75) is 13.1 Å². The summed E-state index contributed by atoms with van der Waals surface area (Å²) in [6.07, 6.45) is 0. The first kappa shape index (κ1) is 37.9. The highest BCUT2D eigenvalue weighted by molar-refractivity contribution is 7.00. The van der Waals surface area contributed by atoms with Crippen LogP contribution in [0.2, 0.25) is 13.1 Å². The van der Waals surface area contributed by atoms with Gasteiger partial charge >= 0.3 is 0 Å². The Morgan fingerprint density at radius 3 is 0.836 bits per heavy atom. The lowest BCUT2D eigenvalue weighted by Gasteiger charge is -2.24. The van der Waals surface area contributed by atoms with Gasteiger partial charge in [0.05, 0.1) is 44.1 Å². The zero-order valence-corrected chi connectivity index (χ0v) is 38.2. The average molecular weight is 873 g/mol. The van der Waals surface area contributed by atoms with Crippen LogP contribution in [0, 0.1) is 0 Å². The molecular formula is C62H44N4Si. The molecule has 0 atom stereocenters. The summed E-state index contributed by atoms with van der Waals surface area (Å²) in [5.74, 6) is 0. The molecule has 0 bridgehead atoms. The molecule has 4 nitrogen and oxygen atoms in total. The third-order valence-electron chi connectivity index (χ3n) is 14.6.